The highest BCUT2D eigenvalue weighted by molar-refractivity contribution is 7.92. The molecule has 1 heterocycles. The van der Waals surface area contributed by atoms with Gasteiger partial charge in [0.2, 0.25) is 0 Å². The summed E-state index contributed by atoms with van der Waals surface area (Å²) in [6, 6.07) is 16.8. The van der Waals surface area contributed by atoms with Crippen LogP contribution < -0.4 is 14.2 Å². The lowest BCUT2D eigenvalue weighted by molar-refractivity contribution is 0.297. The molecular weight excluding hydrogens is 414 g/mol. The van der Waals surface area contributed by atoms with Crippen molar-refractivity contribution in [3.63, 3.8) is 0 Å². The smallest absolute Gasteiger partial charge is 0.263 e. The Bertz CT molecular complexity index is 1150. The van der Waals surface area contributed by atoms with Crippen LogP contribution in [0.15, 0.2) is 89.4 Å². The van der Waals surface area contributed by atoms with E-state index in [1.165, 1.54) is 18.3 Å². The van der Waals surface area contributed by atoms with Gasteiger partial charge in [0.1, 0.15) is 12.4 Å². The minimum absolute atomic E-state index is 0.124. The van der Waals surface area contributed by atoms with Crippen LogP contribution in [-0.2, 0) is 10.0 Å². The third-order valence-electron chi connectivity index (χ3n) is 4.04. The van der Waals surface area contributed by atoms with Crippen LogP contribution in [0.4, 0.5) is 11.5 Å². The maximum Gasteiger partial charge on any atom is 0.263 e. The Morgan fingerprint density at radius 3 is 2.55 bits per heavy atom. The van der Waals surface area contributed by atoms with Crippen LogP contribution in [0.25, 0.3) is 0 Å². The molecule has 0 aliphatic heterocycles. The summed E-state index contributed by atoms with van der Waals surface area (Å²) in [5.41, 5.74) is 1.43. The molecule has 0 saturated heterocycles. The van der Waals surface area contributed by atoms with Gasteiger partial charge < -0.3 is 9.47 Å². The van der Waals surface area contributed by atoms with Crippen molar-refractivity contribution in [2.24, 2.45) is 4.99 Å². The van der Waals surface area contributed by atoms with Gasteiger partial charge in [-0.15, -0.1) is 0 Å². The quantitative estimate of drug-likeness (QED) is 0.370. The van der Waals surface area contributed by atoms with Crippen LogP contribution >= 0.6 is 0 Å². The summed E-state index contributed by atoms with van der Waals surface area (Å²) in [5.74, 6) is 1.51. The van der Waals surface area contributed by atoms with E-state index in [2.05, 4.69) is 21.3 Å². The number of pyridine rings is 1. The summed E-state index contributed by atoms with van der Waals surface area (Å²) >= 11 is 0. The van der Waals surface area contributed by atoms with Crippen molar-refractivity contribution in [3.8, 4) is 11.5 Å². The number of hydrogen-bond donors (Lipinski definition) is 1. The summed E-state index contributed by atoms with van der Waals surface area (Å²) in [7, 11) is -3.72. The molecule has 2 aromatic carbocycles. The van der Waals surface area contributed by atoms with Gasteiger partial charge in [-0.25, -0.2) is 13.4 Å². The highest BCUT2D eigenvalue weighted by atomic mass is 32.2. The maximum atomic E-state index is 12.5. The Kier molecular flexibility index (Phi) is 7.40. The molecule has 0 aliphatic rings. The Morgan fingerprint density at radius 1 is 1.06 bits per heavy atom. The van der Waals surface area contributed by atoms with Crippen molar-refractivity contribution in [2.75, 3.05) is 17.9 Å². The number of anilines is 1. The zero-order valence-electron chi connectivity index (χ0n) is 17.1. The molecule has 1 N–H and O–H groups in total. The number of benzene rings is 2. The van der Waals surface area contributed by atoms with E-state index in [1.54, 1.807) is 42.6 Å². The average molecular weight is 438 g/mol. The first kappa shape index (κ1) is 22.0. The van der Waals surface area contributed by atoms with E-state index in [9.17, 15) is 8.42 Å². The molecule has 3 rings (SSSR count). The number of ether oxygens (including phenoxy) is 2. The molecule has 0 atom stereocenters. The number of nitrogens with one attached hydrogen (secondary N) is 1. The predicted molar refractivity (Wildman–Crippen MR) is 122 cm³/mol. The lowest BCUT2D eigenvalue weighted by Gasteiger charge is -2.11. The van der Waals surface area contributed by atoms with Crippen LogP contribution in [0.1, 0.15) is 12.5 Å². The third kappa shape index (κ3) is 6.16. The summed E-state index contributed by atoms with van der Waals surface area (Å²) in [5, 5.41) is 0. The molecule has 31 heavy (non-hydrogen) atoms. The van der Waals surface area contributed by atoms with Crippen molar-refractivity contribution in [3.05, 3.63) is 85.1 Å². The number of aliphatic imine (C=N–C) groups is 1. The van der Waals surface area contributed by atoms with E-state index in [1.807, 2.05) is 25.1 Å². The lowest BCUT2D eigenvalue weighted by Crippen LogP contribution is -2.13. The normalized spacial score (nSPS) is 11.3. The summed E-state index contributed by atoms with van der Waals surface area (Å²) in [6.45, 7) is 6.44. The monoisotopic (exact) mass is 437 g/mol. The van der Waals surface area contributed by atoms with Gasteiger partial charge >= 0.3 is 0 Å². The summed E-state index contributed by atoms with van der Waals surface area (Å²) < 4.78 is 38.6. The standard InChI is InChI=1S/C23H23N3O4S/c1-3-15-30-21-13-8-18(16-22(21)29-4-2)17-25-19-9-11-20(12-10-19)31(27,28)26-23-7-5-6-14-24-23/h3,5-14,16-17H,1,4,15H2,2H3,(H,24,26). The molecule has 7 nitrogen and oxygen atoms in total. The van der Waals surface area contributed by atoms with Gasteiger partial charge in [0.15, 0.2) is 11.5 Å². The molecule has 0 radical (unpaired) electrons. The van der Waals surface area contributed by atoms with Gasteiger partial charge in [-0.05, 0) is 67.1 Å². The van der Waals surface area contributed by atoms with E-state index >= 15 is 0 Å². The molecule has 0 spiro atoms. The third-order valence-corrected chi connectivity index (χ3v) is 5.41. The van der Waals surface area contributed by atoms with Crippen LogP contribution in [0, 0.1) is 0 Å². The molecule has 0 fully saturated rings. The highest BCUT2D eigenvalue weighted by Gasteiger charge is 2.14. The molecule has 3 aromatic rings. The van der Waals surface area contributed by atoms with E-state index in [0.717, 1.165) is 5.56 Å². The fourth-order valence-corrected chi connectivity index (χ4v) is 3.63. The fourth-order valence-electron chi connectivity index (χ4n) is 2.62. The Labute approximate surface area is 182 Å². The number of nitrogens with zero attached hydrogens (tertiary/aromatic N) is 2. The maximum absolute atomic E-state index is 12.5. The largest absolute Gasteiger partial charge is 0.490 e. The SMILES string of the molecule is C=CCOc1ccc(C=Nc2ccc(S(=O)(=O)Nc3ccccn3)cc2)cc1OCC. The van der Waals surface area contributed by atoms with Gasteiger partial charge in [0, 0.05) is 12.4 Å². The minimum atomic E-state index is -3.72. The Hall–Kier alpha value is -3.65. The van der Waals surface area contributed by atoms with Crippen molar-refractivity contribution >= 4 is 27.7 Å². The molecule has 1 aromatic heterocycles. The van der Waals surface area contributed by atoms with Gasteiger partial charge in [0.25, 0.3) is 10.0 Å². The van der Waals surface area contributed by atoms with Crippen molar-refractivity contribution in [1.82, 2.24) is 4.98 Å². The van der Waals surface area contributed by atoms with Crippen LogP contribution in [-0.4, -0.2) is 32.8 Å². The molecule has 0 unspecified atom stereocenters. The Balaban J connectivity index is 1.73. The average Bonchev–Trinajstić information content (AvgIpc) is 2.78. The zero-order chi connectivity index (χ0) is 22.1. The first-order valence-electron chi connectivity index (χ1n) is 9.60. The van der Waals surface area contributed by atoms with Gasteiger partial charge in [-0.1, -0.05) is 18.7 Å². The van der Waals surface area contributed by atoms with Crippen LogP contribution in [0.3, 0.4) is 0 Å². The molecule has 0 saturated carbocycles. The van der Waals surface area contributed by atoms with E-state index in [4.69, 9.17) is 9.47 Å². The molecule has 0 amide bonds. The fraction of sp³-hybridized carbons (Fsp3) is 0.130. The topological polar surface area (TPSA) is 89.9 Å². The van der Waals surface area contributed by atoms with E-state index in [-0.39, 0.29) is 10.7 Å². The van der Waals surface area contributed by atoms with Gasteiger partial charge in [0.05, 0.1) is 17.2 Å². The lowest BCUT2D eigenvalue weighted by atomic mass is 10.2. The molecule has 8 heteroatoms. The Morgan fingerprint density at radius 2 is 1.87 bits per heavy atom. The van der Waals surface area contributed by atoms with Gasteiger partial charge in [-0.2, -0.15) is 0 Å². The number of hydrogen-bond acceptors (Lipinski definition) is 6. The predicted octanol–water partition coefficient (Wildman–Crippen LogP) is 4.60. The van der Waals surface area contributed by atoms with E-state index in [0.29, 0.717) is 30.4 Å². The molecule has 160 valence electrons. The second kappa shape index (κ2) is 10.4. The van der Waals surface area contributed by atoms with Crippen molar-refractivity contribution < 1.29 is 17.9 Å². The minimum Gasteiger partial charge on any atom is -0.490 e. The molecule has 0 aliphatic carbocycles. The molecular formula is C23H23N3O4S. The number of sulfonamides is 1. The van der Waals surface area contributed by atoms with Crippen LogP contribution in [0.2, 0.25) is 0 Å². The highest BCUT2D eigenvalue weighted by Crippen LogP contribution is 2.28. The second-order valence-electron chi connectivity index (χ2n) is 6.31. The van der Waals surface area contributed by atoms with Crippen molar-refractivity contribution in [2.45, 2.75) is 11.8 Å². The van der Waals surface area contributed by atoms with Crippen LogP contribution in [0.5, 0.6) is 11.5 Å². The molecule has 0 bridgehead atoms. The van der Waals surface area contributed by atoms with Crippen molar-refractivity contribution in [1.29, 1.82) is 0 Å². The summed E-state index contributed by atoms with van der Waals surface area (Å²) in [6.07, 6.45) is 4.86. The number of rotatable bonds is 10. The first-order chi connectivity index (χ1) is 15.0. The summed E-state index contributed by atoms with van der Waals surface area (Å²) in [4.78, 5) is 8.51. The second-order valence-corrected chi connectivity index (χ2v) is 7.99. The van der Waals surface area contributed by atoms with Gasteiger partial charge in [-0.3, -0.25) is 9.71 Å². The zero-order valence-corrected chi connectivity index (χ0v) is 17.9. The van der Waals surface area contributed by atoms with E-state index < -0.39 is 10.0 Å². The first-order valence-corrected chi connectivity index (χ1v) is 11.1. The number of aromatic nitrogens is 1.